The molecule has 0 radical (unpaired) electrons. The highest BCUT2D eigenvalue weighted by atomic mass is 16.6. The number of phenolic OH excluding ortho intramolecular Hbond substituents is 3. The summed E-state index contributed by atoms with van der Waals surface area (Å²) < 4.78 is 12.0. The maximum Gasteiger partial charge on any atom is 0.157 e. The van der Waals surface area contributed by atoms with Crippen LogP contribution in [0, 0.1) is 0 Å². The number of hydrogen-bond acceptors (Lipinski definition) is 6. The van der Waals surface area contributed by atoms with Crippen molar-refractivity contribution in [2.45, 2.75) is 37.8 Å². The minimum atomic E-state index is -0.991. The molecule has 126 valence electrons. The Labute approximate surface area is 138 Å². The summed E-state index contributed by atoms with van der Waals surface area (Å²) in [6.45, 7) is 3.65. The van der Waals surface area contributed by atoms with Crippen LogP contribution in [0.3, 0.4) is 0 Å². The van der Waals surface area contributed by atoms with E-state index in [0.717, 1.165) is 0 Å². The summed E-state index contributed by atoms with van der Waals surface area (Å²) in [6.07, 6.45) is -2.33. The van der Waals surface area contributed by atoms with Crippen LogP contribution in [0.15, 0.2) is 30.3 Å². The zero-order valence-electron chi connectivity index (χ0n) is 13.2. The number of rotatable bonds is 0. The second-order valence-corrected chi connectivity index (χ2v) is 6.73. The Morgan fingerprint density at radius 3 is 2.42 bits per heavy atom. The van der Waals surface area contributed by atoms with Crippen LogP contribution < -0.4 is 4.74 Å². The molecule has 0 amide bonds. The predicted molar refractivity (Wildman–Crippen MR) is 84.1 cm³/mol. The molecular formula is C18H18O6. The van der Waals surface area contributed by atoms with Gasteiger partial charge >= 0.3 is 0 Å². The van der Waals surface area contributed by atoms with E-state index in [2.05, 4.69) is 0 Å². The van der Waals surface area contributed by atoms with Crippen molar-refractivity contribution in [3.8, 4) is 23.0 Å². The van der Waals surface area contributed by atoms with Crippen LogP contribution in [-0.4, -0.2) is 26.5 Å². The molecule has 2 aromatic rings. The normalized spacial score (nSPS) is 26.7. The van der Waals surface area contributed by atoms with E-state index >= 15 is 0 Å². The maximum absolute atomic E-state index is 10.7. The number of aromatic hydroxyl groups is 3. The van der Waals surface area contributed by atoms with Gasteiger partial charge in [-0.05, 0) is 49.7 Å². The van der Waals surface area contributed by atoms with Crippen LogP contribution in [0.4, 0.5) is 0 Å². The van der Waals surface area contributed by atoms with Gasteiger partial charge in [0.25, 0.3) is 0 Å². The van der Waals surface area contributed by atoms with E-state index in [4.69, 9.17) is 9.47 Å². The van der Waals surface area contributed by atoms with Crippen LogP contribution in [0.1, 0.15) is 42.7 Å². The smallest absolute Gasteiger partial charge is 0.157 e. The van der Waals surface area contributed by atoms with Crippen molar-refractivity contribution in [1.82, 2.24) is 0 Å². The van der Waals surface area contributed by atoms with Crippen molar-refractivity contribution in [1.29, 1.82) is 0 Å². The third kappa shape index (κ3) is 2.03. The van der Waals surface area contributed by atoms with Gasteiger partial charge in [0, 0.05) is 11.1 Å². The number of aliphatic hydroxyl groups is 1. The molecule has 4 N–H and O–H groups in total. The Kier molecular flexibility index (Phi) is 3.01. The first-order valence-electron chi connectivity index (χ1n) is 7.70. The molecular weight excluding hydrogens is 312 g/mol. The molecule has 0 saturated carbocycles. The lowest BCUT2D eigenvalue weighted by Gasteiger charge is -2.46. The van der Waals surface area contributed by atoms with Gasteiger partial charge in [0.2, 0.25) is 0 Å². The summed E-state index contributed by atoms with van der Waals surface area (Å²) in [4.78, 5) is 0. The van der Waals surface area contributed by atoms with Gasteiger partial charge in [0.05, 0.1) is 5.60 Å². The van der Waals surface area contributed by atoms with E-state index < -0.39 is 23.9 Å². The molecule has 4 rings (SSSR count). The van der Waals surface area contributed by atoms with Gasteiger partial charge in [-0.25, -0.2) is 0 Å². The minimum Gasteiger partial charge on any atom is -0.508 e. The van der Waals surface area contributed by atoms with Gasteiger partial charge in [-0.1, -0.05) is 0 Å². The number of hydrogen-bond donors (Lipinski definition) is 4. The van der Waals surface area contributed by atoms with Gasteiger partial charge in [0.15, 0.2) is 17.6 Å². The van der Waals surface area contributed by atoms with Crippen LogP contribution in [0.25, 0.3) is 0 Å². The van der Waals surface area contributed by atoms with E-state index in [0.29, 0.717) is 22.4 Å². The second kappa shape index (κ2) is 4.78. The van der Waals surface area contributed by atoms with E-state index in [-0.39, 0.29) is 17.2 Å². The average Bonchev–Trinajstić information content (AvgIpc) is 2.51. The van der Waals surface area contributed by atoms with Gasteiger partial charge in [-0.2, -0.15) is 0 Å². The molecule has 3 atom stereocenters. The number of benzene rings is 2. The molecule has 24 heavy (non-hydrogen) atoms. The molecule has 2 heterocycles. The lowest BCUT2D eigenvalue weighted by molar-refractivity contribution is -0.185. The van der Waals surface area contributed by atoms with Crippen molar-refractivity contribution < 1.29 is 29.9 Å². The highest BCUT2D eigenvalue weighted by Gasteiger charge is 2.48. The van der Waals surface area contributed by atoms with Crippen molar-refractivity contribution in [3.05, 3.63) is 47.0 Å². The zero-order valence-corrected chi connectivity index (χ0v) is 13.2. The molecule has 6 heteroatoms. The molecule has 6 nitrogen and oxygen atoms in total. The molecule has 2 aromatic carbocycles. The Balaban J connectivity index is 1.89. The van der Waals surface area contributed by atoms with Gasteiger partial charge in [-0.15, -0.1) is 0 Å². The van der Waals surface area contributed by atoms with Gasteiger partial charge < -0.3 is 29.9 Å². The molecule has 2 unspecified atom stereocenters. The Hall–Kier alpha value is -2.44. The standard InChI is InChI=1S/C18H18O6/c1-18(2)11-7-13(21)12(20)6-9(11)16-17(24-18)15(22)10-5-8(19)3-4-14(10)23-16/h3-7,15-17,19-22H,1-2H3/t15?,16-,17?/m1/s1. The number of fused-ring (bicyclic) bond motifs is 4. The fourth-order valence-corrected chi connectivity index (χ4v) is 3.54. The lowest BCUT2D eigenvalue weighted by Crippen LogP contribution is -2.46. The fourth-order valence-electron chi connectivity index (χ4n) is 3.54. The fraction of sp³-hybridized carbons (Fsp3) is 0.333. The van der Waals surface area contributed by atoms with Crippen molar-refractivity contribution >= 4 is 0 Å². The summed E-state index contributed by atoms with van der Waals surface area (Å²) >= 11 is 0. The van der Waals surface area contributed by atoms with Gasteiger partial charge in [-0.3, -0.25) is 0 Å². The molecule has 0 fully saturated rings. The molecule has 0 bridgehead atoms. The highest BCUT2D eigenvalue weighted by Crippen LogP contribution is 2.52. The summed E-state index contributed by atoms with van der Waals surface area (Å²) in [5, 5.41) is 40.1. The first-order chi connectivity index (χ1) is 11.3. The van der Waals surface area contributed by atoms with Crippen LogP contribution >= 0.6 is 0 Å². The Bertz CT molecular complexity index is 828. The number of ether oxygens (including phenoxy) is 2. The van der Waals surface area contributed by atoms with Crippen molar-refractivity contribution in [2.24, 2.45) is 0 Å². The third-order valence-electron chi connectivity index (χ3n) is 4.71. The molecule has 2 aliphatic rings. The Morgan fingerprint density at radius 1 is 0.958 bits per heavy atom. The van der Waals surface area contributed by atoms with E-state index in [1.165, 1.54) is 24.3 Å². The molecule has 0 aromatic heterocycles. The monoisotopic (exact) mass is 330 g/mol. The quantitative estimate of drug-likeness (QED) is 0.554. The molecule has 2 aliphatic heterocycles. The van der Waals surface area contributed by atoms with E-state index in [1.54, 1.807) is 6.07 Å². The predicted octanol–water partition coefficient (Wildman–Crippen LogP) is 2.60. The third-order valence-corrected chi connectivity index (χ3v) is 4.71. The Morgan fingerprint density at radius 2 is 1.67 bits per heavy atom. The number of phenols is 3. The van der Waals surface area contributed by atoms with Crippen LogP contribution in [0.5, 0.6) is 23.0 Å². The molecule has 0 spiro atoms. The first-order valence-corrected chi connectivity index (χ1v) is 7.70. The minimum absolute atomic E-state index is 0.0351. The SMILES string of the molecule is CC1(C)OC2C(O)c3cc(O)ccc3O[C@@H]2c2cc(O)c(O)cc21. The van der Waals surface area contributed by atoms with E-state index in [1.807, 2.05) is 13.8 Å². The van der Waals surface area contributed by atoms with Gasteiger partial charge in [0.1, 0.15) is 23.7 Å². The largest absolute Gasteiger partial charge is 0.508 e. The van der Waals surface area contributed by atoms with Crippen LogP contribution in [0.2, 0.25) is 0 Å². The summed E-state index contributed by atoms with van der Waals surface area (Å²) in [5.41, 5.74) is 1.01. The summed E-state index contributed by atoms with van der Waals surface area (Å²) in [7, 11) is 0. The van der Waals surface area contributed by atoms with Crippen molar-refractivity contribution in [2.75, 3.05) is 0 Å². The summed E-state index contributed by atoms with van der Waals surface area (Å²) in [5.74, 6) is 0.00149. The maximum atomic E-state index is 10.7. The van der Waals surface area contributed by atoms with E-state index in [9.17, 15) is 20.4 Å². The summed E-state index contributed by atoms with van der Waals surface area (Å²) in [6, 6.07) is 7.43. The topological polar surface area (TPSA) is 99.4 Å². The lowest BCUT2D eigenvalue weighted by atomic mass is 9.81. The second-order valence-electron chi connectivity index (χ2n) is 6.73. The average molecular weight is 330 g/mol. The molecule has 0 aliphatic carbocycles. The first kappa shape index (κ1) is 15.1. The highest BCUT2D eigenvalue weighted by molar-refractivity contribution is 5.52. The number of aliphatic hydroxyl groups excluding tert-OH is 1. The van der Waals surface area contributed by atoms with Crippen LogP contribution in [-0.2, 0) is 10.3 Å². The van der Waals surface area contributed by atoms with Crippen molar-refractivity contribution in [3.63, 3.8) is 0 Å². The zero-order chi connectivity index (χ0) is 17.2. The molecule has 0 saturated heterocycles.